The third-order valence-electron chi connectivity index (χ3n) is 3.58. The number of pyridine rings is 1. The van der Waals surface area contributed by atoms with Crippen LogP contribution < -0.4 is 0 Å². The summed E-state index contributed by atoms with van der Waals surface area (Å²) in [5, 5.41) is 8.79. The van der Waals surface area contributed by atoms with Gasteiger partial charge < -0.3 is 9.31 Å². The van der Waals surface area contributed by atoms with Gasteiger partial charge in [-0.25, -0.2) is 4.98 Å². The number of aromatic nitrogens is 1. The average Bonchev–Trinajstić information content (AvgIpc) is 2.56. The maximum absolute atomic E-state index is 8.79. The molecule has 98 valence electrons. The minimum absolute atomic E-state index is 0.343. The van der Waals surface area contributed by atoms with Crippen LogP contribution in [0.4, 0.5) is 0 Å². The molecule has 0 spiro atoms. The second-order valence-corrected chi connectivity index (χ2v) is 5.54. The second-order valence-electron chi connectivity index (χ2n) is 5.54. The van der Waals surface area contributed by atoms with Crippen molar-refractivity contribution >= 4 is 13.2 Å². The zero-order valence-corrected chi connectivity index (χ0v) is 11.7. The Morgan fingerprint density at radius 3 is 2.42 bits per heavy atom. The van der Waals surface area contributed by atoms with E-state index in [-0.39, 0.29) is 11.2 Å². The summed E-state index contributed by atoms with van der Waals surface area (Å²) >= 11 is 0. The summed E-state index contributed by atoms with van der Waals surface area (Å²) in [6.07, 6.45) is 1.81. The molecule has 4 nitrogen and oxygen atoms in total. The molecule has 0 radical (unpaired) electrons. The van der Waals surface area contributed by atoms with Gasteiger partial charge >= 0.3 is 7.12 Å². The van der Waals surface area contributed by atoms with Gasteiger partial charge in [-0.05, 0) is 45.9 Å². The molecule has 19 heavy (non-hydrogen) atoms. The number of nitrogens with zero attached hydrogens (tertiary/aromatic N) is 2. The van der Waals surface area contributed by atoms with Crippen LogP contribution in [0.3, 0.4) is 0 Å². The van der Waals surface area contributed by atoms with Crippen LogP contribution in [0.2, 0.25) is 0 Å². The summed E-state index contributed by atoms with van der Waals surface area (Å²) in [5.41, 5.74) is 0.429. The van der Waals surface area contributed by atoms with Gasteiger partial charge in [0.05, 0.1) is 16.9 Å². The van der Waals surface area contributed by atoms with E-state index in [9.17, 15) is 0 Å². The van der Waals surface area contributed by atoms with Gasteiger partial charge in [-0.1, -0.05) is 12.0 Å². The fourth-order valence-electron chi connectivity index (χ4n) is 1.75. The molecule has 2 heterocycles. The smallest absolute Gasteiger partial charge is 0.400 e. The Kier molecular flexibility index (Phi) is 3.48. The number of rotatable bonds is 2. The summed E-state index contributed by atoms with van der Waals surface area (Å²) < 4.78 is 11.7. The van der Waals surface area contributed by atoms with Gasteiger partial charge in [0.1, 0.15) is 11.8 Å². The molecule has 0 unspecified atom stereocenters. The van der Waals surface area contributed by atoms with Crippen molar-refractivity contribution in [2.45, 2.75) is 38.9 Å². The highest BCUT2D eigenvalue weighted by Gasteiger charge is 2.49. The Morgan fingerprint density at radius 2 is 1.84 bits per heavy atom. The first-order chi connectivity index (χ1) is 8.84. The van der Waals surface area contributed by atoms with Crippen LogP contribution in [0, 0.1) is 11.3 Å². The van der Waals surface area contributed by atoms with E-state index in [4.69, 9.17) is 14.6 Å². The van der Waals surface area contributed by atoms with E-state index in [1.807, 2.05) is 51.9 Å². The lowest BCUT2D eigenvalue weighted by atomic mass is 9.89. The van der Waals surface area contributed by atoms with E-state index >= 15 is 0 Å². The van der Waals surface area contributed by atoms with E-state index in [1.165, 1.54) is 0 Å². The lowest BCUT2D eigenvalue weighted by Gasteiger charge is -2.32. The molecule has 5 heteroatoms. The Hall–Kier alpha value is -1.64. The lowest BCUT2D eigenvalue weighted by molar-refractivity contribution is 0.00578. The van der Waals surface area contributed by atoms with Crippen molar-refractivity contribution in [3.63, 3.8) is 0 Å². The molecule has 1 fully saturated rings. The Morgan fingerprint density at radius 1 is 1.21 bits per heavy atom. The summed E-state index contributed by atoms with van der Waals surface area (Å²) in [4.78, 5) is 4.17. The van der Waals surface area contributed by atoms with Crippen LogP contribution in [0.15, 0.2) is 24.2 Å². The van der Waals surface area contributed by atoms with Gasteiger partial charge in [-0.15, -0.1) is 0 Å². The summed E-state index contributed by atoms with van der Waals surface area (Å²) in [6, 6.07) is 7.32. The van der Waals surface area contributed by atoms with Crippen LogP contribution >= 0.6 is 0 Å². The van der Waals surface area contributed by atoms with Crippen molar-refractivity contribution in [3.8, 4) is 6.07 Å². The molecule has 1 saturated heterocycles. The van der Waals surface area contributed by atoms with Crippen molar-refractivity contribution in [2.75, 3.05) is 0 Å². The van der Waals surface area contributed by atoms with Crippen molar-refractivity contribution in [1.82, 2.24) is 4.98 Å². The third kappa shape index (κ3) is 2.86. The predicted molar refractivity (Wildman–Crippen MR) is 74.1 cm³/mol. The second kappa shape index (κ2) is 4.80. The van der Waals surface area contributed by atoms with Gasteiger partial charge in [-0.3, -0.25) is 0 Å². The third-order valence-corrected chi connectivity index (χ3v) is 3.58. The monoisotopic (exact) mass is 256 g/mol. The molecule has 1 aliphatic heterocycles. The van der Waals surface area contributed by atoms with Gasteiger partial charge in [-0.2, -0.15) is 5.26 Å². The van der Waals surface area contributed by atoms with E-state index in [2.05, 4.69) is 4.98 Å². The normalized spacial score (nSPS) is 20.7. The van der Waals surface area contributed by atoms with Crippen molar-refractivity contribution in [3.05, 3.63) is 35.6 Å². The van der Waals surface area contributed by atoms with Crippen LogP contribution in [0.25, 0.3) is 6.08 Å². The van der Waals surface area contributed by atoms with Gasteiger partial charge in [0, 0.05) is 0 Å². The molecule has 2 rings (SSSR count). The molecule has 0 aromatic carbocycles. The standard InChI is InChI=1S/C14H17BN2O2/c1-13(2)14(3,4)19-15(18-13)9-8-11-6-5-7-12(10-16)17-11/h5-9H,1-4H3/b9-8+. The minimum Gasteiger partial charge on any atom is -0.400 e. The number of hydrogen-bond acceptors (Lipinski definition) is 4. The summed E-state index contributed by atoms with van der Waals surface area (Å²) in [5.74, 6) is 1.82. The fourth-order valence-corrected chi connectivity index (χ4v) is 1.75. The van der Waals surface area contributed by atoms with Gasteiger partial charge in [0.2, 0.25) is 0 Å². The molecule has 0 bridgehead atoms. The molecule has 0 amide bonds. The highest BCUT2D eigenvalue weighted by Crippen LogP contribution is 2.36. The van der Waals surface area contributed by atoms with Crippen LogP contribution in [0.1, 0.15) is 39.1 Å². The summed E-state index contributed by atoms with van der Waals surface area (Å²) in [7, 11) is -0.391. The maximum Gasteiger partial charge on any atom is 0.487 e. The van der Waals surface area contributed by atoms with Crippen molar-refractivity contribution in [1.29, 1.82) is 5.26 Å². The van der Waals surface area contributed by atoms with E-state index in [1.54, 1.807) is 12.1 Å². The first kappa shape index (κ1) is 13.8. The first-order valence-electron chi connectivity index (χ1n) is 6.25. The predicted octanol–water partition coefficient (Wildman–Crippen LogP) is 2.60. The van der Waals surface area contributed by atoms with Crippen molar-refractivity contribution < 1.29 is 9.31 Å². The zero-order chi connectivity index (χ0) is 14.1. The maximum atomic E-state index is 8.79. The highest BCUT2D eigenvalue weighted by atomic mass is 16.7. The average molecular weight is 256 g/mol. The topological polar surface area (TPSA) is 55.1 Å². The van der Waals surface area contributed by atoms with E-state index in [0.717, 1.165) is 0 Å². The molecule has 0 saturated carbocycles. The van der Waals surface area contributed by atoms with Crippen LogP contribution in [0.5, 0.6) is 0 Å². The highest BCUT2D eigenvalue weighted by molar-refractivity contribution is 6.52. The van der Waals surface area contributed by atoms with Gasteiger partial charge in [0.25, 0.3) is 0 Å². The fraction of sp³-hybridized carbons (Fsp3) is 0.429. The molecule has 0 aliphatic carbocycles. The van der Waals surface area contributed by atoms with Crippen molar-refractivity contribution in [2.24, 2.45) is 0 Å². The van der Waals surface area contributed by atoms with Crippen LogP contribution in [-0.4, -0.2) is 23.3 Å². The number of nitriles is 1. The minimum atomic E-state index is -0.391. The molecule has 1 aromatic rings. The summed E-state index contributed by atoms with van der Waals surface area (Å²) in [6.45, 7) is 8.04. The van der Waals surface area contributed by atoms with Gasteiger partial charge in [0.15, 0.2) is 0 Å². The Balaban J connectivity index is 2.11. The van der Waals surface area contributed by atoms with E-state index < -0.39 is 7.12 Å². The Bertz CT molecular complexity index is 531. The SMILES string of the molecule is CC1(C)OB(/C=C/c2cccc(C#N)n2)OC1(C)C. The largest absolute Gasteiger partial charge is 0.487 e. The quantitative estimate of drug-likeness (QED) is 0.763. The molecular formula is C14H17BN2O2. The molecule has 1 aromatic heterocycles. The molecule has 0 atom stereocenters. The lowest BCUT2D eigenvalue weighted by Crippen LogP contribution is -2.41. The number of hydrogen-bond donors (Lipinski definition) is 0. The molecule has 0 N–H and O–H groups in total. The first-order valence-corrected chi connectivity index (χ1v) is 6.25. The molecule has 1 aliphatic rings. The molecular weight excluding hydrogens is 239 g/mol. The van der Waals surface area contributed by atoms with Crippen LogP contribution in [-0.2, 0) is 9.31 Å². The zero-order valence-electron chi connectivity index (χ0n) is 11.7. The Labute approximate surface area is 114 Å². The van der Waals surface area contributed by atoms with E-state index in [0.29, 0.717) is 11.4 Å².